The Balaban J connectivity index is 1.43. The predicted molar refractivity (Wildman–Crippen MR) is 141 cm³/mol. The molecule has 37 heavy (non-hydrogen) atoms. The first kappa shape index (κ1) is 29.0. The first-order valence-electron chi connectivity index (χ1n) is 11.8. The van der Waals surface area contributed by atoms with Gasteiger partial charge in [-0.1, -0.05) is 47.7 Å². The number of nitrogens with one attached hydrogen (secondary N) is 2. The molecule has 7 nitrogen and oxygen atoms in total. The van der Waals surface area contributed by atoms with Gasteiger partial charge in [0.25, 0.3) is 0 Å². The highest BCUT2D eigenvalue weighted by atomic mass is 32.2. The van der Waals surface area contributed by atoms with Crippen LogP contribution in [0.4, 0.5) is 13.2 Å². The van der Waals surface area contributed by atoms with E-state index in [1.54, 1.807) is 11.8 Å². The second-order valence-electron chi connectivity index (χ2n) is 8.49. The number of phenolic OH excluding ortho intramolecular Hbond substituents is 1. The van der Waals surface area contributed by atoms with Crippen LogP contribution in [0.2, 0.25) is 0 Å². The van der Waals surface area contributed by atoms with Crippen molar-refractivity contribution < 1.29 is 27.8 Å². The number of aromatic hydroxyl groups is 1. The van der Waals surface area contributed by atoms with E-state index in [0.717, 1.165) is 48.8 Å². The summed E-state index contributed by atoms with van der Waals surface area (Å²) in [4.78, 5) is 27.6. The lowest BCUT2D eigenvalue weighted by atomic mass is 10.1. The zero-order valence-electron chi connectivity index (χ0n) is 20.3. The molecular weight excluding hydrogens is 527 g/mol. The fraction of sp³-hybridized carbons (Fsp3) is 0.440. The molecule has 12 heteroatoms. The molecule has 0 aliphatic heterocycles. The van der Waals surface area contributed by atoms with Crippen LogP contribution < -0.4 is 10.2 Å². The second-order valence-corrected chi connectivity index (χ2v) is 10.7. The molecule has 3 aromatic rings. The molecule has 0 saturated carbocycles. The van der Waals surface area contributed by atoms with E-state index in [0.29, 0.717) is 6.54 Å². The molecule has 0 unspecified atom stereocenters. The van der Waals surface area contributed by atoms with Gasteiger partial charge in [0.15, 0.2) is 0 Å². The number of fused-ring (bicyclic) bond motifs is 1. The van der Waals surface area contributed by atoms with Crippen LogP contribution >= 0.6 is 23.1 Å². The molecule has 1 aromatic heterocycles. The van der Waals surface area contributed by atoms with E-state index in [2.05, 4.69) is 34.4 Å². The number of hydrogen-bond acceptors (Lipinski definition) is 8. The number of aromatic amines is 1. The summed E-state index contributed by atoms with van der Waals surface area (Å²) in [6.45, 7) is 2.38. The van der Waals surface area contributed by atoms with Gasteiger partial charge in [-0.25, -0.2) is 4.79 Å². The quantitative estimate of drug-likeness (QED) is 0.201. The monoisotopic (exact) mass is 557 g/mol. The summed E-state index contributed by atoms with van der Waals surface area (Å²) in [5, 5.41) is 13.0. The van der Waals surface area contributed by atoms with Crippen LogP contribution in [0.15, 0.2) is 47.3 Å². The number of likely N-dealkylation sites (N-methyl/N-ethyl adjacent to an activating group) is 1. The number of nitrogens with zero attached hydrogens (tertiary/aromatic N) is 1. The SMILES string of the molecule is CN(CCCSCCNC[C@H](OC(=O)C(F)(F)F)c1ccc(O)c2[nH]c(=O)sc12)CCc1ccccc1. The summed E-state index contributed by atoms with van der Waals surface area (Å²) in [5.41, 5.74) is 1.63. The minimum Gasteiger partial charge on any atom is -0.506 e. The van der Waals surface area contributed by atoms with Gasteiger partial charge in [-0.3, -0.25) is 4.79 Å². The maximum atomic E-state index is 12.9. The number of esters is 1. The van der Waals surface area contributed by atoms with E-state index in [4.69, 9.17) is 4.74 Å². The minimum absolute atomic E-state index is 0.0728. The van der Waals surface area contributed by atoms with Crippen LogP contribution in [-0.4, -0.2) is 71.9 Å². The van der Waals surface area contributed by atoms with Crippen molar-refractivity contribution in [2.45, 2.75) is 25.1 Å². The highest BCUT2D eigenvalue weighted by Gasteiger charge is 2.42. The van der Waals surface area contributed by atoms with Gasteiger partial charge in [0.1, 0.15) is 17.4 Å². The molecule has 0 radical (unpaired) electrons. The van der Waals surface area contributed by atoms with Crippen molar-refractivity contribution in [3.63, 3.8) is 0 Å². The summed E-state index contributed by atoms with van der Waals surface area (Å²) < 4.78 is 43.6. The number of ether oxygens (including phenoxy) is 1. The van der Waals surface area contributed by atoms with Gasteiger partial charge in [-0.2, -0.15) is 24.9 Å². The molecule has 202 valence electrons. The largest absolute Gasteiger partial charge is 0.506 e. The van der Waals surface area contributed by atoms with Crippen LogP contribution in [-0.2, 0) is 16.0 Å². The molecule has 0 fully saturated rings. The Hall–Kier alpha value is -2.54. The number of phenols is 1. The van der Waals surface area contributed by atoms with E-state index in [9.17, 15) is 27.9 Å². The number of benzene rings is 2. The number of halogens is 3. The average molecular weight is 558 g/mol. The summed E-state index contributed by atoms with van der Waals surface area (Å²) in [6.07, 6.45) is -4.42. The summed E-state index contributed by atoms with van der Waals surface area (Å²) in [7, 11) is 2.10. The van der Waals surface area contributed by atoms with E-state index in [-0.39, 0.29) is 28.1 Å². The minimum atomic E-state index is -5.15. The van der Waals surface area contributed by atoms with Crippen LogP contribution in [0.25, 0.3) is 10.2 Å². The van der Waals surface area contributed by atoms with Gasteiger partial charge >= 0.3 is 17.0 Å². The van der Waals surface area contributed by atoms with Crippen molar-refractivity contribution in [2.24, 2.45) is 0 Å². The van der Waals surface area contributed by atoms with Gasteiger partial charge in [-0.15, -0.1) is 0 Å². The van der Waals surface area contributed by atoms with Crippen LogP contribution in [0.5, 0.6) is 5.75 Å². The smallest absolute Gasteiger partial charge is 0.490 e. The van der Waals surface area contributed by atoms with Crippen molar-refractivity contribution in [1.29, 1.82) is 0 Å². The molecule has 0 spiro atoms. The first-order valence-corrected chi connectivity index (χ1v) is 13.8. The standard InChI is InChI=1S/C25H30F3N3O4S2/c1-31(13-10-17-6-3-2-4-7-17)12-5-14-36-15-11-29-16-20(35-23(33)25(26,27)28)18-8-9-19(32)21-22(18)37-24(34)30-21/h2-4,6-9,20,29,32H,5,10-16H2,1H3,(H,30,34)/t20-/m0/s1. The topological polar surface area (TPSA) is 94.7 Å². The lowest BCUT2D eigenvalue weighted by Crippen LogP contribution is -2.32. The molecule has 0 saturated heterocycles. The first-order chi connectivity index (χ1) is 17.6. The molecule has 0 aliphatic carbocycles. The van der Waals surface area contributed by atoms with Crippen LogP contribution in [0, 0.1) is 0 Å². The maximum absolute atomic E-state index is 12.9. The highest BCUT2D eigenvalue weighted by Crippen LogP contribution is 2.33. The van der Waals surface area contributed by atoms with Gasteiger partial charge in [0.2, 0.25) is 0 Å². The van der Waals surface area contributed by atoms with Gasteiger partial charge < -0.3 is 25.0 Å². The molecule has 0 aliphatic rings. The van der Waals surface area contributed by atoms with Gasteiger partial charge in [0.05, 0.1) is 4.70 Å². The number of aromatic nitrogens is 1. The number of thiazole rings is 1. The summed E-state index contributed by atoms with van der Waals surface area (Å²) >= 11 is 2.46. The van der Waals surface area contributed by atoms with Crippen molar-refractivity contribution in [3.05, 3.63) is 63.3 Å². The molecule has 0 amide bonds. The van der Waals surface area contributed by atoms with E-state index < -0.39 is 23.1 Å². The van der Waals surface area contributed by atoms with Crippen molar-refractivity contribution in [2.75, 3.05) is 44.7 Å². The highest BCUT2D eigenvalue weighted by molar-refractivity contribution is 7.99. The Morgan fingerprint density at radius 1 is 1.19 bits per heavy atom. The zero-order chi connectivity index (χ0) is 26.8. The number of hydrogen-bond donors (Lipinski definition) is 3. The van der Waals surface area contributed by atoms with E-state index in [1.807, 2.05) is 18.2 Å². The zero-order valence-corrected chi connectivity index (χ0v) is 22.0. The number of carbonyl (C=O) groups excluding carboxylic acids is 1. The average Bonchev–Trinajstić information content (AvgIpc) is 3.26. The number of thioether (sulfide) groups is 1. The Morgan fingerprint density at radius 3 is 2.68 bits per heavy atom. The molecule has 1 atom stereocenters. The third kappa shape index (κ3) is 9.06. The van der Waals surface area contributed by atoms with E-state index >= 15 is 0 Å². The summed E-state index contributed by atoms with van der Waals surface area (Å²) in [5.74, 6) is -0.849. The lowest BCUT2D eigenvalue weighted by Gasteiger charge is -2.20. The number of H-pyrrole nitrogens is 1. The maximum Gasteiger partial charge on any atom is 0.490 e. The van der Waals surface area contributed by atoms with Crippen LogP contribution in [0.3, 0.4) is 0 Å². The summed E-state index contributed by atoms with van der Waals surface area (Å²) in [6, 6.07) is 12.9. The fourth-order valence-electron chi connectivity index (χ4n) is 3.70. The van der Waals surface area contributed by atoms with Crippen LogP contribution in [0.1, 0.15) is 23.7 Å². The van der Waals surface area contributed by atoms with Crippen molar-refractivity contribution in [1.82, 2.24) is 15.2 Å². The third-order valence-corrected chi connectivity index (χ3v) is 7.62. The van der Waals surface area contributed by atoms with Gasteiger partial charge in [-0.05, 0) is 43.8 Å². The third-order valence-electron chi connectivity index (χ3n) is 5.62. The van der Waals surface area contributed by atoms with Crippen molar-refractivity contribution in [3.8, 4) is 5.75 Å². The molecule has 3 rings (SSSR count). The lowest BCUT2D eigenvalue weighted by molar-refractivity contribution is -0.205. The van der Waals surface area contributed by atoms with E-state index in [1.165, 1.54) is 17.7 Å². The second kappa shape index (κ2) is 13.8. The predicted octanol–water partition coefficient (Wildman–Crippen LogP) is 4.33. The molecular formula is C25H30F3N3O4S2. The fourth-order valence-corrected chi connectivity index (χ4v) is 5.44. The normalized spacial score (nSPS) is 12.8. The Morgan fingerprint density at radius 2 is 1.95 bits per heavy atom. The Bertz CT molecular complexity index is 1200. The Labute approximate surface area is 221 Å². The molecule has 0 bridgehead atoms. The molecule has 1 heterocycles. The van der Waals surface area contributed by atoms with Crippen molar-refractivity contribution >= 4 is 39.3 Å². The molecule has 3 N–H and O–H groups in total. The number of rotatable bonds is 14. The number of alkyl halides is 3. The van der Waals surface area contributed by atoms with Gasteiger partial charge in [0, 0.05) is 31.0 Å². The molecule has 2 aromatic carbocycles. The number of carbonyl (C=O) groups is 1. The Kier molecular flexibility index (Phi) is 10.9.